The molecule has 0 saturated carbocycles. The number of amides is 1. The van der Waals surface area contributed by atoms with E-state index >= 15 is 0 Å². The monoisotopic (exact) mass is 333 g/mol. The van der Waals surface area contributed by atoms with Crippen molar-refractivity contribution in [2.45, 2.75) is 30.6 Å². The predicted molar refractivity (Wildman–Crippen MR) is 85.7 cm³/mol. The van der Waals surface area contributed by atoms with Gasteiger partial charge in [-0.3, -0.25) is 9.00 Å². The Morgan fingerprint density at radius 2 is 2.09 bits per heavy atom. The molecule has 2 atom stereocenters. The zero-order chi connectivity index (χ0) is 16.4. The van der Waals surface area contributed by atoms with Crippen LogP contribution in [0, 0.1) is 6.92 Å². The molecule has 1 saturated heterocycles. The van der Waals surface area contributed by atoms with E-state index < -0.39 is 10.8 Å². The fraction of sp³-hybridized carbons (Fsp3) is 0.438. The highest BCUT2D eigenvalue weighted by Crippen LogP contribution is 2.26. The quantitative estimate of drug-likeness (QED) is 0.860. The van der Waals surface area contributed by atoms with E-state index in [0.717, 1.165) is 24.3 Å². The molecule has 23 heavy (non-hydrogen) atoms. The molecule has 0 unspecified atom stereocenters. The third-order valence-electron chi connectivity index (χ3n) is 4.05. The first-order chi connectivity index (χ1) is 11.0. The van der Waals surface area contributed by atoms with Crippen molar-refractivity contribution in [2.75, 3.05) is 19.3 Å². The second kappa shape index (κ2) is 6.62. The third kappa shape index (κ3) is 3.50. The van der Waals surface area contributed by atoms with Gasteiger partial charge in [0, 0.05) is 53.4 Å². The van der Waals surface area contributed by atoms with Gasteiger partial charge in [-0.25, -0.2) is 0 Å². The number of piperidine rings is 1. The van der Waals surface area contributed by atoms with Gasteiger partial charge < -0.3 is 9.42 Å². The number of likely N-dealkylation sites (tertiary alicyclic amines) is 1. The van der Waals surface area contributed by atoms with Crippen LogP contribution in [0.25, 0.3) is 0 Å². The van der Waals surface area contributed by atoms with Crippen molar-refractivity contribution in [3.63, 3.8) is 0 Å². The topological polar surface area (TPSA) is 76.3 Å². The maximum atomic E-state index is 12.6. The highest BCUT2D eigenvalue weighted by atomic mass is 32.2. The molecule has 2 heterocycles. The van der Waals surface area contributed by atoms with Gasteiger partial charge in [-0.1, -0.05) is 5.16 Å². The summed E-state index contributed by atoms with van der Waals surface area (Å²) in [6.45, 7) is 3.09. The summed E-state index contributed by atoms with van der Waals surface area (Å²) in [4.78, 5) is 19.5. The van der Waals surface area contributed by atoms with Crippen LogP contribution >= 0.6 is 0 Å². The van der Waals surface area contributed by atoms with E-state index in [4.69, 9.17) is 4.52 Å². The molecule has 1 aliphatic heterocycles. The van der Waals surface area contributed by atoms with Crippen molar-refractivity contribution in [3.05, 3.63) is 41.5 Å². The number of carbonyl (C=O) groups is 1. The normalized spacial score (nSPS) is 19.6. The van der Waals surface area contributed by atoms with Crippen LogP contribution in [0.4, 0.5) is 0 Å². The van der Waals surface area contributed by atoms with Crippen LogP contribution in [0.5, 0.6) is 0 Å². The van der Waals surface area contributed by atoms with Crippen LogP contribution in [0.15, 0.2) is 33.7 Å². The van der Waals surface area contributed by atoms with E-state index in [1.807, 2.05) is 4.90 Å². The predicted octanol–water partition coefficient (Wildman–Crippen LogP) is 2.14. The lowest BCUT2D eigenvalue weighted by Crippen LogP contribution is -2.39. The van der Waals surface area contributed by atoms with Crippen LogP contribution in [0.1, 0.15) is 40.8 Å². The molecule has 1 fully saturated rings. The van der Waals surface area contributed by atoms with Gasteiger partial charge in [0.1, 0.15) is 0 Å². The first kappa shape index (κ1) is 15.9. The van der Waals surface area contributed by atoms with Crippen molar-refractivity contribution < 1.29 is 13.5 Å². The van der Waals surface area contributed by atoms with Gasteiger partial charge in [0.25, 0.3) is 5.91 Å². The number of benzene rings is 1. The summed E-state index contributed by atoms with van der Waals surface area (Å²) in [5, 5.41) is 3.98. The molecule has 2 aromatic rings. The Labute approximate surface area is 137 Å². The average Bonchev–Trinajstić information content (AvgIpc) is 3.01. The van der Waals surface area contributed by atoms with Gasteiger partial charge in [0.15, 0.2) is 5.82 Å². The number of rotatable bonds is 3. The van der Waals surface area contributed by atoms with Gasteiger partial charge in [-0.05, 0) is 37.1 Å². The molecule has 0 radical (unpaired) electrons. The second-order valence-corrected chi connectivity index (χ2v) is 7.12. The summed E-state index contributed by atoms with van der Waals surface area (Å²) in [6.07, 6.45) is 3.50. The van der Waals surface area contributed by atoms with Crippen molar-refractivity contribution in [1.29, 1.82) is 0 Å². The summed E-state index contributed by atoms with van der Waals surface area (Å²) < 4.78 is 16.5. The zero-order valence-corrected chi connectivity index (χ0v) is 14.0. The molecule has 122 valence electrons. The Morgan fingerprint density at radius 3 is 2.70 bits per heavy atom. The van der Waals surface area contributed by atoms with Crippen molar-refractivity contribution in [2.24, 2.45) is 0 Å². The minimum atomic E-state index is -1.04. The summed E-state index contributed by atoms with van der Waals surface area (Å²) in [5.74, 6) is 1.33. The lowest BCUT2D eigenvalue weighted by Gasteiger charge is -2.31. The Kier molecular flexibility index (Phi) is 4.56. The lowest BCUT2D eigenvalue weighted by atomic mass is 9.96. The number of hydrogen-bond acceptors (Lipinski definition) is 5. The van der Waals surface area contributed by atoms with Gasteiger partial charge >= 0.3 is 0 Å². The minimum Gasteiger partial charge on any atom is -0.340 e. The molecular weight excluding hydrogens is 314 g/mol. The molecule has 1 aliphatic rings. The Hall–Kier alpha value is -2.02. The van der Waals surface area contributed by atoms with Gasteiger partial charge in [-0.15, -0.1) is 0 Å². The van der Waals surface area contributed by atoms with E-state index in [1.165, 1.54) is 0 Å². The standard InChI is InChI=1S/C16H19N3O3S/c1-11-17-15(18-22-11)13-4-3-9-19(10-13)16(20)12-5-7-14(8-6-12)23(2)21/h5-8,13H,3-4,9-10H2,1-2H3/t13-,23-/m1/s1. The first-order valence-electron chi connectivity index (χ1n) is 7.57. The molecule has 0 spiro atoms. The highest BCUT2D eigenvalue weighted by Gasteiger charge is 2.28. The van der Waals surface area contributed by atoms with E-state index in [2.05, 4.69) is 10.1 Å². The fourth-order valence-electron chi connectivity index (χ4n) is 2.82. The Balaban J connectivity index is 1.72. The summed E-state index contributed by atoms with van der Waals surface area (Å²) in [7, 11) is -1.04. The number of hydrogen-bond donors (Lipinski definition) is 0. The van der Waals surface area contributed by atoms with E-state index in [1.54, 1.807) is 37.4 Å². The number of aromatic nitrogens is 2. The van der Waals surface area contributed by atoms with Gasteiger partial charge in [0.2, 0.25) is 5.89 Å². The maximum absolute atomic E-state index is 12.6. The molecule has 7 heteroatoms. The smallest absolute Gasteiger partial charge is 0.253 e. The van der Waals surface area contributed by atoms with E-state index in [-0.39, 0.29) is 11.8 Å². The maximum Gasteiger partial charge on any atom is 0.253 e. The number of aryl methyl sites for hydroxylation is 1. The van der Waals surface area contributed by atoms with Crippen LogP contribution in [0.3, 0.4) is 0 Å². The van der Waals surface area contributed by atoms with Crippen LogP contribution < -0.4 is 0 Å². The Bertz CT molecular complexity index is 726. The van der Waals surface area contributed by atoms with Gasteiger partial charge in [0.05, 0.1) is 0 Å². The molecule has 0 aliphatic carbocycles. The van der Waals surface area contributed by atoms with Gasteiger partial charge in [-0.2, -0.15) is 4.98 Å². The van der Waals surface area contributed by atoms with E-state index in [9.17, 15) is 9.00 Å². The van der Waals surface area contributed by atoms with Crippen molar-refractivity contribution >= 4 is 16.7 Å². The summed E-state index contributed by atoms with van der Waals surface area (Å²) >= 11 is 0. The van der Waals surface area contributed by atoms with Crippen molar-refractivity contribution in [3.8, 4) is 0 Å². The molecule has 6 nitrogen and oxygen atoms in total. The summed E-state index contributed by atoms with van der Waals surface area (Å²) in [5.41, 5.74) is 0.615. The third-order valence-corrected chi connectivity index (χ3v) is 4.99. The van der Waals surface area contributed by atoms with Crippen LogP contribution in [-0.2, 0) is 10.8 Å². The molecule has 1 amide bonds. The molecule has 1 aromatic heterocycles. The largest absolute Gasteiger partial charge is 0.340 e. The SMILES string of the molecule is Cc1nc([C@@H]2CCCN(C(=O)c3ccc([S@@](C)=O)cc3)C2)no1. The second-order valence-electron chi connectivity index (χ2n) is 5.74. The van der Waals surface area contributed by atoms with E-state index in [0.29, 0.717) is 23.8 Å². The zero-order valence-electron chi connectivity index (χ0n) is 13.2. The molecule has 0 N–H and O–H groups in total. The molecular formula is C16H19N3O3S. The van der Waals surface area contributed by atoms with Crippen LogP contribution in [-0.4, -0.2) is 44.5 Å². The first-order valence-corrected chi connectivity index (χ1v) is 9.13. The Morgan fingerprint density at radius 1 is 1.35 bits per heavy atom. The number of nitrogens with zero attached hydrogens (tertiary/aromatic N) is 3. The molecule has 1 aromatic carbocycles. The molecule has 3 rings (SSSR count). The fourth-order valence-corrected chi connectivity index (χ4v) is 3.34. The average molecular weight is 333 g/mol. The van der Waals surface area contributed by atoms with Crippen molar-refractivity contribution in [1.82, 2.24) is 15.0 Å². The summed E-state index contributed by atoms with van der Waals surface area (Å²) in [6, 6.07) is 6.96. The highest BCUT2D eigenvalue weighted by molar-refractivity contribution is 7.84. The van der Waals surface area contributed by atoms with Crippen LogP contribution in [0.2, 0.25) is 0 Å². The minimum absolute atomic E-state index is 0.0108. The lowest BCUT2D eigenvalue weighted by molar-refractivity contribution is 0.0703. The molecule has 0 bridgehead atoms. The number of carbonyl (C=O) groups excluding carboxylic acids is 1.